The lowest BCUT2D eigenvalue weighted by molar-refractivity contribution is 0.681. The van der Waals surface area contributed by atoms with E-state index in [9.17, 15) is 0 Å². The van der Waals surface area contributed by atoms with Crippen molar-refractivity contribution in [3.63, 3.8) is 0 Å². The van der Waals surface area contributed by atoms with E-state index in [0.29, 0.717) is 0 Å². The van der Waals surface area contributed by atoms with Crippen molar-refractivity contribution >= 4 is 15.9 Å². The maximum Gasteiger partial charge on any atom is 0.0691 e. The van der Waals surface area contributed by atoms with Gasteiger partial charge in [-0.3, -0.25) is 0 Å². The molecule has 3 rings (SSSR count). The van der Waals surface area contributed by atoms with Gasteiger partial charge in [0.05, 0.1) is 5.69 Å². The van der Waals surface area contributed by atoms with Gasteiger partial charge in [0.15, 0.2) is 0 Å². The van der Waals surface area contributed by atoms with Crippen LogP contribution >= 0.6 is 15.9 Å². The summed E-state index contributed by atoms with van der Waals surface area (Å²) in [6.07, 6.45) is 6.40. The quantitative estimate of drug-likeness (QED) is 0.939. The third-order valence-corrected chi connectivity index (χ3v) is 3.44. The first-order valence-corrected chi connectivity index (χ1v) is 6.64. The van der Waals surface area contributed by atoms with Crippen LogP contribution < -0.4 is 5.32 Å². The molecule has 0 saturated heterocycles. The standard InChI is InChI=1S/C13H14BrN3/c14-11-2-5-13(17-7-1-6-16-17)10(8-11)9-15-12-3-4-12/h1-2,5-8,12,15H,3-4,9H2. The van der Waals surface area contributed by atoms with E-state index in [2.05, 4.69) is 44.5 Å². The van der Waals surface area contributed by atoms with Gasteiger partial charge in [-0.1, -0.05) is 15.9 Å². The Hall–Kier alpha value is -1.13. The van der Waals surface area contributed by atoms with Crippen molar-refractivity contribution < 1.29 is 0 Å². The number of nitrogens with one attached hydrogen (secondary N) is 1. The average Bonchev–Trinajstić information content (AvgIpc) is 3.00. The first-order valence-electron chi connectivity index (χ1n) is 5.85. The van der Waals surface area contributed by atoms with Crippen molar-refractivity contribution in [2.45, 2.75) is 25.4 Å². The fourth-order valence-electron chi connectivity index (χ4n) is 1.87. The minimum Gasteiger partial charge on any atom is -0.310 e. The van der Waals surface area contributed by atoms with Gasteiger partial charge in [-0.2, -0.15) is 5.10 Å². The summed E-state index contributed by atoms with van der Waals surface area (Å²) in [5.41, 5.74) is 2.42. The van der Waals surface area contributed by atoms with Crippen molar-refractivity contribution in [2.75, 3.05) is 0 Å². The van der Waals surface area contributed by atoms with Gasteiger partial charge in [0.2, 0.25) is 0 Å². The monoisotopic (exact) mass is 291 g/mol. The third kappa shape index (κ3) is 2.58. The summed E-state index contributed by atoms with van der Waals surface area (Å²) in [6, 6.07) is 8.98. The molecular formula is C13H14BrN3. The summed E-state index contributed by atoms with van der Waals surface area (Å²) in [4.78, 5) is 0. The fourth-order valence-corrected chi connectivity index (χ4v) is 2.28. The van der Waals surface area contributed by atoms with Crippen LogP contribution in [0, 0.1) is 0 Å². The van der Waals surface area contributed by atoms with Gasteiger partial charge in [-0.25, -0.2) is 4.68 Å². The van der Waals surface area contributed by atoms with Crippen molar-refractivity contribution in [2.24, 2.45) is 0 Å². The number of aromatic nitrogens is 2. The number of nitrogens with zero attached hydrogens (tertiary/aromatic N) is 2. The van der Waals surface area contributed by atoms with E-state index in [1.54, 1.807) is 6.20 Å². The SMILES string of the molecule is Brc1ccc(-n2cccn2)c(CNC2CC2)c1. The van der Waals surface area contributed by atoms with E-state index in [1.807, 2.05) is 16.9 Å². The molecule has 1 aromatic heterocycles. The van der Waals surface area contributed by atoms with Crippen LogP contribution in [0.5, 0.6) is 0 Å². The summed E-state index contributed by atoms with van der Waals surface area (Å²) >= 11 is 3.52. The molecule has 1 aromatic carbocycles. The van der Waals surface area contributed by atoms with Gasteiger partial charge in [-0.05, 0) is 42.7 Å². The Balaban J connectivity index is 1.89. The molecule has 0 amide bonds. The molecule has 0 radical (unpaired) electrons. The van der Waals surface area contributed by atoms with Crippen LogP contribution in [-0.2, 0) is 6.54 Å². The van der Waals surface area contributed by atoms with E-state index < -0.39 is 0 Å². The third-order valence-electron chi connectivity index (χ3n) is 2.95. The smallest absolute Gasteiger partial charge is 0.0691 e. The largest absolute Gasteiger partial charge is 0.310 e. The lowest BCUT2D eigenvalue weighted by Gasteiger charge is -2.11. The fraction of sp³-hybridized carbons (Fsp3) is 0.308. The first-order chi connectivity index (χ1) is 8.33. The van der Waals surface area contributed by atoms with E-state index in [0.717, 1.165) is 22.7 Å². The number of hydrogen-bond acceptors (Lipinski definition) is 2. The number of hydrogen-bond donors (Lipinski definition) is 1. The number of rotatable bonds is 4. The summed E-state index contributed by atoms with van der Waals surface area (Å²) < 4.78 is 3.03. The van der Waals surface area contributed by atoms with Crippen LogP contribution in [0.25, 0.3) is 5.69 Å². The number of benzene rings is 1. The molecule has 0 aliphatic heterocycles. The van der Waals surface area contributed by atoms with Gasteiger partial charge in [0.25, 0.3) is 0 Å². The second kappa shape index (κ2) is 4.63. The van der Waals surface area contributed by atoms with Crippen molar-refractivity contribution in [3.05, 3.63) is 46.7 Å². The normalized spacial score (nSPS) is 15.1. The lowest BCUT2D eigenvalue weighted by atomic mass is 10.2. The predicted octanol–water partition coefficient (Wildman–Crippen LogP) is 2.89. The molecule has 3 nitrogen and oxygen atoms in total. The minimum atomic E-state index is 0.722. The van der Waals surface area contributed by atoms with Gasteiger partial charge in [0.1, 0.15) is 0 Å². The predicted molar refractivity (Wildman–Crippen MR) is 71.1 cm³/mol. The Kier molecular flexibility index (Phi) is 2.99. The molecule has 0 bridgehead atoms. The highest BCUT2D eigenvalue weighted by atomic mass is 79.9. The van der Waals surface area contributed by atoms with Gasteiger partial charge >= 0.3 is 0 Å². The van der Waals surface area contributed by atoms with Crippen LogP contribution in [0.2, 0.25) is 0 Å². The Bertz CT molecular complexity index is 503. The zero-order chi connectivity index (χ0) is 11.7. The Morgan fingerprint density at radius 1 is 1.41 bits per heavy atom. The van der Waals surface area contributed by atoms with Crippen LogP contribution in [0.3, 0.4) is 0 Å². The molecule has 0 unspecified atom stereocenters. The first kappa shape index (κ1) is 11.0. The summed E-state index contributed by atoms with van der Waals surface area (Å²) in [5.74, 6) is 0. The molecule has 88 valence electrons. The maximum atomic E-state index is 4.29. The molecule has 2 aromatic rings. The molecule has 0 atom stereocenters. The van der Waals surface area contributed by atoms with Crippen LogP contribution in [0.4, 0.5) is 0 Å². The van der Waals surface area contributed by atoms with Crippen LogP contribution in [0.1, 0.15) is 18.4 Å². The molecule has 1 heterocycles. The van der Waals surface area contributed by atoms with Crippen LogP contribution in [0.15, 0.2) is 41.1 Å². The molecule has 17 heavy (non-hydrogen) atoms. The van der Waals surface area contributed by atoms with Crippen LogP contribution in [-0.4, -0.2) is 15.8 Å². The molecule has 1 saturated carbocycles. The van der Waals surface area contributed by atoms with E-state index in [-0.39, 0.29) is 0 Å². The molecule has 1 aliphatic rings. The second-order valence-electron chi connectivity index (χ2n) is 4.38. The van der Waals surface area contributed by atoms with Crippen molar-refractivity contribution in [1.29, 1.82) is 0 Å². The van der Waals surface area contributed by atoms with E-state index >= 15 is 0 Å². The zero-order valence-electron chi connectivity index (χ0n) is 9.44. The molecule has 1 N–H and O–H groups in total. The van der Waals surface area contributed by atoms with Gasteiger partial charge < -0.3 is 5.32 Å². The van der Waals surface area contributed by atoms with E-state index in [4.69, 9.17) is 0 Å². The highest BCUT2D eigenvalue weighted by Gasteiger charge is 2.20. The number of halogens is 1. The summed E-state index contributed by atoms with van der Waals surface area (Å²) in [7, 11) is 0. The van der Waals surface area contributed by atoms with Crippen molar-refractivity contribution in [1.82, 2.24) is 15.1 Å². The van der Waals surface area contributed by atoms with Gasteiger partial charge in [-0.15, -0.1) is 0 Å². The van der Waals surface area contributed by atoms with Gasteiger partial charge in [0, 0.05) is 29.5 Å². The topological polar surface area (TPSA) is 29.9 Å². The van der Waals surface area contributed by atoms with E-state index in [1.165, 1.54) is 18.4 Å². The Morgan fingerprint density at radius 3 is 3.00 bits per heavy atom. The Morgan fingerprint density at radius 2 is 2.29 bits per heavy atom. The highest BCUT2D eigenvalue weighted by molar-refractivity contribution is 9.10. The second-order valence-corrected chi connectivity index (χ2v) is 5.29. The lowest BCUT2D eigenvalue weighted by Crippen LogP contribution is -2.17. The Labute approximate surface area is 109 Å². The molecule has 1 aliphatic carbocycles. The molecule has 1 fully saturated rings. The zero-order valence-corrected chi connectivity index (χ0v) is 11.0. The minimum absolute atomic E-state index is 0.722. The highest BCUT2D eigenvalue weighted by Crippen LogP contribution is 2.23. The summed E-state index contributed by atoms with van der Waals surface area (Å²) in [6.45, 7) is 0.902. The van der Waals surface area contributed by atoms with Crippen molar-refractivity contribution in [3.8, 4) is 5.69 Å². The molecule has 0 spiro atoms. The summed E-state index contributed by atoms with van der Waals surface area (Å²) in [5, 5.41) is 7.83. The average molecular weight is 292 g/mol. The molecule has 4 heteroatoms. The molecular weight excluding hydrogens is 278 g/mol. The maximum absolute atomic E-state index is 4.29.